The lowest BCUT2D eigenvalue weighted by Gasteiger charge is -2.09. The number of aromatic nitrogens is 3. The van der Waals surface area contributed by atoms with E-state index in [9.17, 15) is 8.42 Å². The van der Waals surface area contributed by atoms with Crippen LogP contribution >= 0.6 is 0 Å². The highest BCUT2D eigenvalue weighted by atomic mass is 32.2. The summed E-state index contributed by atoms with van der Waals surface area (Å²) < 4.78 is 23.0. The van der Waals surface area contributed by atoms with Crippen LogP contribution in [0, 0.1) is 0 Å². The van der Waals surface area contributed by atoms with E-state index in [-0.39, 0.29) is 4.90 Å². The van der Waals surface area contributed by atoms with Crippen molar-refractivity contribution in [2.45, 2.75) is 4.90 Å². The number of nitrogens with two attached hydrogens (primary N) is 1. The zero-order valence-corrected chi connectivity index (χ0v) is 14.4. The third-order valence-electron chi connectivity index (χ3n) is 3.97. The van der Waals surface area contributed by atoms with Gasteiger partial charge < -0.3 is 10.3 Å². The number of hydrogen-bond acceptors (Lipinski definition) is 5. The largest absolute Gasteiger partial charge is 0.361 e. The molecule has 4 aromatic rings. The molecule has 130 valence electrons. The van der Waals surface area contributed by atoms with Crippen molar-refractivity contribution in [1.82, 2.24) is 15.0 Å². The Morgan fingerprint density at radius 1 is 1.00 bits per heavy atom. The fraction of sp³-hybridized carbons (Fsp3) is 0. The number of anilines is 2. The Balaban J connectivity index is 1.70. The van der Waals surface area contributed by atoms with Gasteiger partial charge in [0, 0.05) is 34.4 Å². The average Bonchev–Trinajstić information content (AvgIpc) is 3.10. The molecule has 26 heavy (non-hydrogen) atoms. The number of nitrogens with zero attached hydrogens (tertiary/aromatic N) is 2. The summed E-state index contributed by atoms with van der Waals surface area (Å²) in [6, 6.07) is 16.0. The normalized spacial score (nSPS) is 11.6. The molecule has 8 heteroatoms. The summed E-state index contributed by atoms with van der Waals surface area (Å²) in [5, 5.41) is 9.33. The van der Waals surface area contributed by atoms with Gasteiger partial charge >= 0.3 is 0 Å². The van der Waals surface area contributed by atoms with Crippen molar-refractivity contribution in [2.75, 3.05) is 5.32 Å². The van der Waals surface area contributed by atoms with E-state index in [4.69, 9.17) is 5.14 Å². The Labute approximate surface area is 150 Å². The molecule has 0 spiro atoms. The maximum absolute atomic E-state index is 11.5. The van der Waals surface area contributed by atoms with Crippen molar-refractivity contribution in [3.63, 3.8) is 0 Å². The second kappa shape index (κ2) is 6.25. The number of primary sulfonamides is 1. The Hall–Kier alpha value is -3.23. The van der Waals surface area contributed by atoms with Gasteiger partial charge in [0.2, 0.25) is 10.0 Å². The first-order valence-corrected chi connectivity index (χ1v) is 9.34. The van der Waals surface area contributed by atoms with Gasteiger partial charge in [-0.3, -0.25) is 0 Å². The first kappa shape index (κ1) is 16.2. The van der Waals surface area contributed by atoms with Crippen molar-refractivity contribution in [2.24, 2.45) is 5.14 Å². The van der Waals surface area contributed by atoms with Crippen LogP contribution in [0.1, 0.15) is 0 Å². The minimum atomic E-state index is -3.76. The van der Waals surface area contributed by atoms with Crippen LogP contribution in [0.5, 0.6) is 0 Å². The summed E-state index contributed by atoms with van der Waals surface area (Å²) in [6.07, 6.45) is 3.35. The van der Waals surface area contributed by atoms with E-state index >= 15 is 0 Å². The van der Waals surface area contributed by atoms with Gasteiger partial charge in [0.1, 0.15) is 12.1 Å². The topological polar surface area (TPSA) is 114 Å². The van der Waals surface area contributed by atoms with E-state index < -0.39 is 10.0 Å². The predicted molar refractivity (Wildman–Crippen MR) is 100 cm³/mol. The van der Waals surface area contributed by atoms with E-state index in [0.29, 0.717) is 11.5 Å². The lowest BCUT2D eigenvalue weighted by molar-refractivity contribution is 0.598. The standard InChI is InChI=1S/C18H15N5O2S/c19-26(24,25)13-4-1-3-12(9-13)23-18-10-17(21-11-22-18)14-5-2-6-16-15(14)7-8-20-16/h1-11,20H,(H2,19,24,25)(H,21,22,23). The van der Waals surface area contributed by atoms with Crippen LogP contribution < -0.4 is 10.5 Å². The lowest BCUT2D eigenvalue weighted by Crippen LogP contribution is -2.12. The highest BCUT2D eigenvalue weighted by Crippen LogP contribution is 2.28. The summed E-state index contributed by atoms with van der Waals surface area (Å²) in [6.45, 7) is 0. The van der Waals surface area contributed by atoms with Crippen LogP contribution in [0.4, 0.5) is 11.5 Å². The van der Waals surface area contributed by atoms with Gasteiger partial charge in [0.05, 0.1) is 10.6 Å². The van der Waals surface area contributed by atoms with Gasteiger partial charge in [-0.2, -0.15) is 0 Å². The van der Waals surface area contributed by atoms with Crippen LogP contribution in [-0.2, 0) is 10.0 Å². The zero-order chi connectivity index (χ0) is 18.1. The molecule has 0 saturated carbocycles. The minimum absolute atomic E-state index is 0.0360. The molecule has 4 N–H and O–H groups in total. The number of rotatable bonds is 4. The van der Waals surface area contributed by atoms with Crippen molar-refractivity contribution in [1.29, 1.82) is 0 Å². The fourth-order valence-corrected chi connectivity index (χ4v) is 3.34. The lowest BCUT2D eigenvalue weighted by atomic mass is 10.1. The number of sulfonamides is 1. The minimum Gasteiger partial charge on any atom is -0.361 e. The second-order valence-electron chi connectivity index (χ2n) is 5.73. The molecule has 2 aromatic heterocycles. The summed E-state index contributed by atoms with van der Waals surface area (Å²) >= 11 is 0. The molecule has 2 aromatic carbocycles. The van der Waals surface area contributed by atoms with E-state index in [0.717, 1.165) is 22.2 Å². The Morgan fingerprint density at radius 2 is 1.85 bits per heavy atom. The van der Waals surface area contributed by atoms with E-state index in [1.807, 2.05) is 36.5 Å². The summed E-state index contributed by atoms with van der Waals surface area (Å²) in [5.41, 5.74) is 3.33. The molecule has 0 atom stereocenters. The molecule has 7 nitrogen and oxygen atoms in total. The van der Waals surface area contributed by atoms with Gasteiger partial charge in [-0.25, -0.2) is 23.5 Å². The molecular formula is C18H15N5O2S. The molecule has 0 bridgehead atoms. The highest BCUT2D eigenvalue weighted by Gasteiger charge is 2.10. The van der Waals surface area contributed by atoms with E-state index in [1.165, 1.54) is 18.5 Å². The summed E-state index contributed by atoms with van der Waals surface area (Å²) in [4.78, 5) is 11.8. The summed E-state index contributed by atoms with van der Waals surface area (Å²) in [7, 11) is -3.76. The molecular weight excluding hydrogens is 350 g/mol. The van der Waals surface area contributed by atoms with Gasteiger partial charge in [0.15, 0.2) is 0 Å². The van der Waals surface area contributed by atoms with Crippen LogP contribution in [0.2, 0.25) is 0 Å². The number of hydrogen-bond donors (Lipinski definition) is 3. The van der Waals surface area contributed by atoms with Crippen molar-refractivity contribution >= 4 is 32.4 Å². The third kappa shape index (κ3) is 3.15. The average molecular weight is 365 g/mol. The first-order chi connectivity index (χ1) is 12.5. The molecule has 0 aliphatic heterocycles. The fourth-order valence-electron chi connectivity index (χ4n) is 2.78. The monoisotopic (exact) mass is 365 g/mol. The number of fused-ring (bicyclic) bond motifs is 1. The zero-order valence-electron chi connectivity index (χ0n) is 13.5. The number of aromatic amines is 1. The van der Waals surface area contributed by atoms with Crippen LogP contribution in [-0.4, -0.2) is 23.4 Å². The molecule has 0 radical (unpaired) electrons. The summed E-state index contributed by atoms with van der Waals surface area (Å²) in [5.74, 6) is 0.550. The molecule has 0 aliphatic rings. The smallest absolute Gasteiger partial charge is 0.238 e. The maximum Gasteiger partial charge on any atom is 0.238 e. The molecule has 4 rings (SSSR count). The molecule has 2 heterocycles. The van der Waals surface area contributed by atoms with E-state index in [1.54, 1.807) is 12.1 Å². The van der Waals surface area contributed by atoms with Gasteiger partial charge in [-0.05, 0) is 30.3 Å². The number of H-pyrrole nitrogens is 1. The van der Waals surface area contributed by atoms with Gasteiger partial charge in [0.25, 0.3) is 0 Å². The van der Waals surface area contributed by atoms with Gasteiger partial charge in [-0.1, -0.05) is 18.2 Å². The Bertz CT molecular complexity index is 1200. The predicted octanol–water partition coefficient (Wildman–Crippen LogP) is 3.02. The highest BCUT2D eigenvalue weighted by molar-refractivity contribution is 7.89. The molecule has 0 fully saturated rings. The Morgan fingerprint density at radius 3 is 2.69 bits per heavy atom. The second-order valence-corrected chi connectivity index (χ2v) is 7.29. The van der Waals surface area contributed by atoms with Gasteiger partial charge in [-0.15, -0.1) is 0 Å². The van der Waals surface area contributed by atoms with E-state index in [2.05, 4.69) is 20.3 Å². The number of nitrogens with one attached hydrogen (secondary N) is 2. The van der Waals surface area contributed by atoms with Crippen LogP contribution in [0.25, 0.3) is 22.2 Å². The maximum atomic E-state index is 11.5. The van der Waals surface area contributed by atoms with Crippen molar-refractivity contribution in [3.8, 4) is 11.3 Å². The molecule has 0 unspecified atom stereocenters. The number of benzene rings is 2. The van der Waals surface area contributed by atoms with Crippen LogP contribution in [0.15, 0.2) is 72.0 Å². The quantitative estimate of drug-likeness (QED) is 0.514. The first-order valence-electron chi connectivity index (χ1n) is 7.79. The van der Waals surface area contributed by atoms with Crippen molar-refractivity contribution < 1.29 is 8.42 Å². The molecule has 0 amide bonds. The molecule has 0 aliphatic carbocycles. The third-order valence-corrected chi connectivity index (χ3v) is 4.88. The Kier molecular flexibility index (Phi) is 3.90. The van der Waals surface area contributed by atoms with Crippen LogP contribution in [0.3, 0.4) is 0 Å². The SMILES string of the molecule is NS(=O)(=O)c1cccc(Nc2cc(-c3cccc4[nH]ccc34)ncn2)c1. The van der Waals surface area contributed by atoms with Crippen molar-refractivity contribution in [3.05, 3.63) is 67.1 Å². The molecule has 0 saturated heterocycles.